The van der Waals surface area contributed by atoms with E-state index in [-0.39, 0.29) is 12.1 Å². The van der Waals surface area contributed by atoms with Crippen molar-refractivity contribution in [2.45, 2.75) is 85.0 Å². The summed E-state index contributed by atoms with van der Waals surface area (Å²) < 4.78 is 5.54. The molecule has 2 aromatic heterocycles. The second-order valence-electron chi connectivity index (χ2n) is 21.5. The largest absolute Gasteiger partial charge is 0.310 e. The Morgan fingerprint density at radius 3 is 1.63 bits per heavy atom. The van der Waals surface area contributed by atoms with Crippen LogP contribution in [0.4, 0.5) is 0 Å². The molecule has 4 aliphatic rings. The van der Waals surface area contributed by atoms with Crippen molar-refractivity contribution in [2.24, 2.45) is 0 Å². The van der Waals surface area contributed by atoms with Gasteiger partial charge >= 0.3 is 0 Å². The lowest BCUT2D eigenvalue weighted by Crippen LogP contribution is -2.60. The predicted octanol–water partition coefficient (Wildman–Crippen LogP) is 14.1. The maximum atomic E-state index is 2.80. The second-order valence-corrected chi connectivity index (χ2v) is 21.5. The first kappa shape index (κ1) is 39.0. The number of aryl methyl sites for hydroxylation is 4. The standard InChI is InChI=1S/C65H53BN2/c1-8-36-26-27-57-45(28-36)46-30-38(10-3)33-55-60(46)67(57)62-49(41-20-16-22-42-40(41)21-17-25-50(42)64(5,6)7)35-54-63-58(62)66(55)56-34-39(11-4)31-48-47-29-37(9-2)32-53(59(47)68(63)61(48)56)65(54)51-23-14-12-18-43(51)44-19-13-15-24-52(44)65/h12-35H,8-11H2,1-7H3. The zero-order valence-corrected chi connectivity index (χ0v) is 40.2. The highest BCUT2D eigenvalue weighted by Gasteiger charge is 2.55. The Morgan fingerprint density at radius 1 is 0.412 bits per heavy atom. The van der Waals surface area contributed by atoms with Crippen molar-refractivity contribution in [3.05, 3.63) is 196 Å². The average molecular weight is 873 g/mol. The van der Waals surface area contributed by atoms with Gasteiger partial charge in [0.25, 0.3) is 6.71 Å². The van der Waals surface area contributed by atoms with Crippen LogP contribution in [0, 0.1) is 0 Å². The van der Waals surface area contributed by atoms with Crippen LogP contribution in [0.5, 0.6) is 0 Å². The summed E-state index contributed by atoms with van der Waals surface area (Å²) in [6.07, 6.45) is 3.94. The molecule has 0 amide bonds. The number of hydrogen-bond acceptors (Lipinski definition) is 0. The maximum Gasteiger partial charge on any atom is 0.252 e. The van der Waals surface area contributed by atoms with E-state index in [1.165, 1.54) is 154 Å². The lowest BCUT2D eigenvalue weighted by atomic mass is 9.33. The van der Waals surface area contributed by atoms with Crippen molar-refractivity contribution in [1.82, 2.24) is 9.13 Å². The molecule has 1 aliphatic carbocycles. The van der Waals surface area contributed by atoms with Crippen molar-refractivity contribution >= 4 is 77.5 Å². The summed E-state index contributed by atoms with van der Waals surface area (Å²) in [7, 11) is 0. The van der Waals surface area contributed by atoms with Gasteiger partial charge in [0.2, 0.25) is 0 Å². The molecule has 3 heteroatoms. The lowest BCUT2D eigenvalue weighted by molar-refractivity contribution is 0.596. The number of fused-ring (bicyclic) bond motifs is 15. The first-order valence-corrected chi connectivity index (χ1v) is 25.4. The summed E-state index contributed by atoms with van der Waals surface area (Å²) in [5, 5.41) is 8.18. The summed E-state index contributed by atoms with van der Waals surface area (Å²) in [5.74, 6) is 0. The van der Waals surface area contributed by atoms with Gasteiger partial charge in [-0.1, -0.05) is 158 Å². The monoisotopic (exact) mass is 872 g/mol. The molecule has 15 rings (SSSR count). The molecule has 2 nitrogen and oxygen atoms in total. The predicted molar refractivity (Wildman–Crippen MR) is 290 cm³/mol. The topological polar surface area (TPSA) is 9.86 Å². The summed E-state index contributed by atoms with van der Waals surface area (Å²) in [6, 6.07) is 58.6. The van der Waals surface area contributed by atoms with Crippen LogP contribution in [0.2, 0.25) is 0 Å². The molecule has 0 saturated carbocycles. The Morgan fingerprint density at radius 2 is 0.971 bits per heavy atom. The third kappa shape index (κ3) is 4.48. The fourth-order valence-electron chi connectivity index (χ4n) is 14.3. The van der Waals surface area contributed by atoms with Crippen LogP contribution in [-0.4, -0.2) is 15.8 Å². The van der Waals surface area contributed by atoms with Crippen molar-refractivity contribution in [1.29, 1.82) is 0 Å². The van der Waals surface area contributed by atoms with Crippen molar-refractivity contribution in [2.75, 3.05) is 0 Å². The minimum absolute atomic E-state index is 0.0249. The van der Waals surface area contributed by atoms with Gasteiger partial charge in [0.1, 0.15) is 0 Å². The van der Waals surface area contributed by atoms with Crippen molar-refractivity contribution < 1.29 is 0 Å². The molecule has 5 heterocycles. The van der Waals surface area contributed by atoms with Crippen LogP contribution in [0.25, 0.3) is 88.0 Å². The highest BCUT2D eigenvalue weighted by atomic mass is 15.1. The summed E-state index contributed by atoms with van der Waals surface area (Å²) in [5.41, 5.74) is 29.8. The molecule has 0 N–H and O–H groups in total. The molecule has 9 aromatic carbocycles. The first-order valence-electron chi connectivity index (χ1n) is 25.4. The average Bonchev–Trinajstić information content (AvgIpc) is 3.99. The van der Waals surface area contributed by atoms with Gasteiger partial charge in [0.05, 0.1) is 22.1 Å². The minimum Gasteiger partial charge on any atom is -0.310 e. The summed E-state index contributed by atoms with van der Waals surface area (Å²) in [4.78, 5) is 0. The number of rotatable bonds is 5. The SMILES string of the molecule is CCc1ccc2c(c1)c1cc(CC)cc3c1n2-c1c(-c2cccc4c(C(C)(C)C)cccc24)cc2c4c1B3c1cc(CC)cc3c5cc(CC)cc(c5n-4c13)C21c2ccccc2-c2ccccc21. The van der Waals surface area contributed by atoms with E-state index in [1.807, 2.05) is 0 Å². The molecule has 326 valence electrons. The van der Waals surface area contributed by atoms with Gasteiger partial charge in [-0.05, 0) is 161 Å². The van der Waals surface area contributed by atoms with Crippen molar-refractivity contribution in [3.63, 3.8) is 0 Å². The Balaban J connectivity index is 1.26. The quantitative estimate of drug-likeness (QED) is 0.153. The van der Waals surface area contributed by atoms with E-state index in [9.17, 15) is 0 Å². The number of benzene rings is 9. The Labute approximate surface area is 399 Å². The van der Waals surface area contributed by atoms with Crippen molar-refractivity contribution in [3.8, 4) is 33.6 Å². The molecule has 0 saturated heterocycles. The molecule has 0 unspecified atom stereocenters. The highest BCUT2D eigenvalue weighted by molar-refractivity contribution is 7.00. The van der Waals surface area contributed by atoms with Gasteiger partial charge in [0, 0.05) is 43.8 Å². The molecule has 0 atom stereocenters. The smallest absolute Gasteiger partial charge is 0.252 e. The fourth-order valence-corrected chi connectivity index (χ4v) is 14.3. The zero-order chi connectivity index (χ0) is 45.7. The second kappa shape index (κ2) is 13.1. The molecule has 0 bridgehead atoms. The maximum absolute atomic E-state index is 2.80. The van der Waals surface area contributed by atoms with E-state index in [0.717, 1.165) is 25.7 Å². The van der Waals surface area contributed by atoms with E-state index < -0.39 is 5.41 Å². The van der Waals surface area contributed by atoms with E-state index in [1.54, 1.807) is 0 Å². The van der Waals surface area contributed by atoms with Gasteiger partial charge in [-0.3, -0.25) is 0 Å². The number of hydrogen-bond donors (Lipinski definition) is 0. The lowest BCUT2D eigenvalue weighted by Gasteiger charge is -2.45. The van der Waals surface area contributed by atoms with Crippen LogP contribution >= 0.6 is 0 Å². The van der Waals surface area contributed by atoms with Gasteiger partial charge < -0.3 is 9.13 Å². The molecule has 11 aromatic rings. The Bertz CT molecular complexity index is 4080. The Hall–Kier alpha value is -7.10. The summed E-state index contributed by atoms with van der Waals surface area (Å²) in [6.45, 7) is 16.4. The van der Waals surface area contributed by atoms with Crippen LogP contribution < -0.4 is 16.4 Å². The summed E-state index contributed by atoms with van der Waals surface area (Å²) >= 11 is 0. The molecule has 0 radical (unpaired) electrons. The molecule has 3 aliphatic heterocycles. The van der Waals surface area contributed by atoms with Crippen LogP contribution in [0.3, 0.4) is 0 Å². The van der Waals surface area contributed by atoms with Gasteiger partial charge in [0.15, 0.2) is 0 Å². The minimum atomic E-state index is -0.563. The van der Waals surface area contributed by atoms with Crippen LogP contribution in [0.1, 0.15) is 98.5 Å². The van der Waals surface area contributed by atoms with Crippen LogP contribution in [0.15, 0.2) is 146 Å². The third-order valence-corrected chi connectivity index (χ3v) is 17.2. The van der Waals surface area contributed by atoms with Gasteiger partial charge in [-0.15, -0.1) is 0 Å². The van der Waals surface area contributed by atoms with E-state index in [2.05, 4.69) is 203 Å². The first-order chi connectivity index (χ1) is 33.2. The normalized spacial score (nSPS) is 14.4. The van der Waals surface area contributed by atoms with E-state index in [0.29, 0.717) is 0 Å². The van der Waals surface area contributed by atoms with Crippen LogP contribution in [-0.2, 0) is 36.5 Å². The number of aromatic nitrogens is 2. The third-order valence-electron chi connectivity index (χ3n) is 17.2. The molecular formula is C65H53BN2. The highest BCUT2D eigenvalue weighted by Crippen LogP contribution is 2.62. The molecule has 68 heavy (non-hydrogen) atoms. The van der Waals surface area contributed by atoms with E-state index in [4.69, 9.17) is 0 Å². The molecule has 1 spiro atoms. The van der Waals surface area contributed by atoms with Gasteiger partial charge in [-0.2, -0.15) is 0 Å². The molecular weight excluding hydrogens is 820 g/mol. The fraction of sp³-hybridized carbons (Fsp3) is 0.200. The zero-order valence-electron chi connectivity index (χ0n) is 40.2. The Kier molecular flexibility index (Phi) is 7.51. The van der Waals surface area contributed by atoms with Gasteiger partial charge in [-0.25, -0.2) is 0 Å². The molecule has 0 fully saturated rings. The number of nitrogens with zero attached hydrogens (tertiary/aromatic N) is 2. The van der Waals surface area contributed by atoms with E-state index >= 15 is 0 Å².